The van der Waals surface area contributed by atoms with E-state index in [0.29, 0.717) is 6.42 Å². The molecule has 2 bridgehead atoms. The minimum Gasteiger partial charge on any atom is -0.392 e. The van der Waals surface area contributed by atoms with Crippen molar-refractivity contribution >= 4 is 5.78 Å². The van der Waals surface area contributed by atoms with Crippen LogP contribution in [0.2, 0.25) is 0 Å². The van der Waals surface area contributed by atoms with Crippen LogP contribution in [-0.2, 0) is 9.53 Å². The molecule has 26 heavy (non-hydrogen) atoms. The maximum atomic E-state index is 13.4. The molecule has 0 aromatic carbocycles. The third kappa shape index (κ3) is 1.19. The fourth-order valence-corrected chi connectivity index (χ4v) is 8.98. The molecule has 142 valence electrons. The van der Waals surface area contributed by atoms with Crippen molar-refractivity contribution in [3.8, 4) is 0 Å². The summed E-state index contributed by atoms with van der Waals surface area (Å²) < 4.78 is 5.96. The molecule has 2 unspecified atom stereocenters. The van der Waals surface area contributed by atoms with Gasteiger partial charge in [-0.15, -0.1) is 0 Å². The van der Waals surface area contributed by atoms with E-state index in [1.54, 1.807) is 0 Å². The fourth-order valence-electron chi connectivity index (χ4n) is 8.98. The molecule has 10 atom stereocenters. The van der Waals surface area contributed by atoms with E-state index in [1.807, 2.05) is 0 Å². The highest BCUT2D eigenvalue weighted by atomic mass is 16.6. The van der Waals surface area contributed by atoms with Crippen molar-refractivity contribution in [2.75, 3.05) is 6.61 Å². The van der Waals surface area contributed by atoms with Crippen LogP contribution in [0.1, 0.15) is 39.5 Å². The Labute approximate surface area is 153 Å². The molecule has 0 aromatic heterocycles. The van der Waals surface area contributed by atoms with Gasteiger partial charge in [0, 0.05) is 17.3 Å². The van der Waals surface area contributed by atoms with Crippen LogP contribution < -0.4 is 0 Å². The first kappa shape index (κ1) is 16.2. The summed E-state index contributed by atoms with van der Waals surface area (Å²) in [6.07, 6.45) is 1.47. The van der Waals surface area contributed by atoms with E-state index in [2.05, 4.69) is 20.4 Å². The molecule has 0 aromatic rings. The number of hydrogen-bond acceptors (Lipinski definition) is 5. The number of rotatable bonds is 0. The van der Waals surface area contributed by atoms with Crippen LogP contribution in [0.25, 0.3) is 0 Å². The molecule has 0 radical (unpaired) electrons. The van der Waals surface area contributed by atoms with Gasteiger partial charge in [0.25, 0.3) is 0 Å². The van der Waals surface area contributed by atoms with Gasteiger partial charge in [0.1, 0.15) is 6.10 Å². The van der Waals surface area contributed by atoms with Crippen molar-refractivity contribution in [1.29, 1.82) is 0 Å². The number of allylic oxidation sites excluding steroid dienone is 1. The van der Waals surface area contributed by atoms with Gasteiger partial charge in [-0.2, -0.15) is 0 Å². The van der Waals surface area contributed by atoms with Crippen LogP contribution in [0.5, 0.6) is 0 Å². The molecule has 2 heterocycles. The average Bonchev–Trinajstić information content (AvgIpc) is 2.58. The van der Waals surface area contributed by atoms with Crippen molar-refractivity contribution in [1.82, 2.24) is 0 Å². The second-order valence-corrected chi connectivity index (χ2v) is 10.6. The van der Waals surface area contributed by atoms with E-state index in [0.717, 1.165) is 24.8 Å². The molecular weight excluding hydrogens is 332 g/mol. The van der Waals surface area contributed by atoms with E-state index in [4.69, 9.17) is 4.74 Å². The van der Waals surface area contributed by atoms with E-state index in [9.17, 15) is 20.1 Å². The summed E-state index contributed by atoms with van der Waals surface area (Å²) in [5.41, 5.74) is -0.912. The van der Waals surface area contributed by atoms with Crippen LogP contribution in [0.4, 0.5) is 0 Å². The lowest BCUT2D eigenvalue weighted by Gasteiger charge is -2.83. The Morgan fingerprint density at radius 1 is 1.19 bits per heavy atom. The zero-order valence-electron chi connectivity index (χ0n) is 15.4. The first-order chi connectivity index (χ1) is 12.2. The summed E-state index contributed by atoms with van der Waals surface area (Å²) in [6, 6.07) is 0. The molecule has 7 aliphatic rings. The van der Waals surface area contributed by atoms with Crippen molar-refractivity contribution in [2.24, 2.45) is 45.8 Å². The van der Waals surface area contributed by atoms with Crippen LogP contribution in [0.15, 0.2) is 12.2 Å². The van der Waals surface area contributed by atoms with Crippen molar-refractivity contribution < 1.29 is 24.9 Å². The lowest BCUT2D eigenvalue weighted by molar-refractivity contribution is -0.475. The molecule has 5 saturated carbocycles. The minimum absolute atomic E-state index is 0.00287. The topological polar surface area (TPSA) is 87.0 Å². The third-order valence-corrected chi connectivity index (χ3v) is 9.80. The van der Waals surface area contributed by atoms with Gasteiger partial charge in [-0.05, 0) is 48.9 Å². The average molecular weight is 360 g/mol. The van der Waals surface area contributed by atoms with E-state index in [1.165, 1.54) is 0 Å². The SMILES string of the molecule is C=C1C2C(=O)C34[C@H]2[C@H]1CC[C@H]3[C@@]12CO[C@@]4(O)[C@@H](O)[C@@H]1C(C)(C)CC[C@@H]2O. The summed E-state index contributed by atoms with van der Waals surface area (Å²) in [5, 5.41) is 34.3. The van der Waals surface area contributed by atoms with Gasteiger partial charge in [0.15, 0.2) is 5.78 Å². The molecule has 5 aliphatic carbocycles. The number of carbonyl (C=O) groups is 1. The van der Waals surface area contributed by atoms with E-state index in [-0.39, 0.29) is 47.4 Å². The number of ketones is 1. The lowest BCUT2D eigenvalue weighted by Crippen LogP contribution is -2.92. The maximum Gasteiger partial charge on any atom is 0.205 e. The molecule has 5 nitrogen and oxygen atoms in total. The number of aliphatic hydroxyl groups excluding tert-OH is 2. The highest BCUT2D eigenvalue weighted by Crippen LogP contribution is 2.83. The van der Waals surface area contributed by atoms with Crippen LogP contribution in [-0.4, -0.2) is 45.7 Å². The van der Waals surface area contributed by atoms with Crippen molar-refractivity contribution in [3.63, 3.8) is 0 Å². The minimum atomic E-state index is -1.82. The summed E-state index contributed by atoms with van der Waals surface area (Å²) in [6.45, 7) is 8.59. The normalized spacial score (nSPS) is 64.0. The monoisotopic (exact) mass is 360 g/mol. The molecule has 3 N–H and O–H groups in total. The summed E-state index contributed by atoms with van der Waals surface area (Å²) in [4.78, 5) is 13.4. The zero-order valence-corrected chi connectivity index (χ0v) is 15.4. The molecule has 7 rings (SSSR count). The Kier molecular flexibility index (Phi) is 2.59. The van der Waals surface area contributed by atoms with Crippen LogP contribution >= 0.6 is 0 Å². The van der Waals surface area contributed by atoms with Gasteiger partial charge in [0.2, 0.25) is 5.79 Å². The van der Waals surface area contributed by atoms with Gasteiger partial charge in [0.05, 0.1) is 18.1 Å². The standard InChI is InChI=1S/C21H28O5/c1-9-10-4-5-11-19-8-26-21(25,20(11)14(10)13(9)16(20)23)17(24)15(19)18(2,3)7-6-12(19)22/h10-15,17,22,24-25H,1,4-8H2,2-3H3/t10-,11-,12-,13?,14-,15+,17-,19+,20?,21-/m0/s1. The maximum absolute atomic E-state index is 13.4. The Hall–Kier alpha value is -0.750. The molecule has 2 aliphatic heterocycles. The van der Waals surface area contributed by atoms with Gasteiger partial charge in [-0.25, -0.2) is 0 Å². The Morgan fingerprint density at radius 2 is 1.92 bits per heavy atom. The summed E-state index contributed by atoms with van der Waals surface area (Å²) in [5.74, 6) is -2.10. The van der Waals surface area contributed by atoms with E-state index < -0.39 is 28.8 Å². The quantitative estimate of drug-likeness (QED) is 0.566. The Morgan fingerprint density at radius 3 is 2.65 bits per heavy atom. The number of hydrogen-bond donors (Lipinski definition) is 3. The number of carbonyl (C=O) groups excluding carboxylic acids is 1. The number of ether oxygens (including phenoxy) is 1. The summed E-state index contributed by atoms with van der Waals surface area (Å²) in [7, 11) is 0. The largest absolute Gasteiger partial charge is 0.392 e. The molecule has 0 amide bonds. The Bertz CT molecular complexity index is 760. The van der Waals surface area contributed by atoms with Crippen LogP contribution in [0, 0.1) is 45.8 Å². The highest BCUT2D eigenvalue weighted by molar-refractivity contribution is 6.01. The number of fused-ring (bicyclic) bond motifs is 1. The molecule has 2 spiro atoms. The number of Topliss-reactive ketones (excluding diaryl/α,β-unsaturated/α-hetero) is 1. The van der Waals surface area contributed by atoms with Gasteiger partial charge < -0.3 is 20.1 Å². The van der Waals surface area contributed by atoms with E-state index >= 15 is 0 Å². The van der Waals surface area contributed by atoms with Crippen molar-refractivity contribution in [3.05, 3.63) is 12.2 Å². The first-order valence-corrected chi connectivity index (χ1v) is 10.1. The third-order valence-electron chi connectivity index (χ3n) is 9.80. The highest BCUT2D eigenvalue weighted by Gasteiger charge is 2.91. The second kappa shape index (κ2) is 4.14. The summed E-state index contributed by atoms with van der Waals surface area (Å²) >= 11 is 0. The van der Waals surface area contributed by atoms with Gasteiger partial charge in [-0.3, -0.25) is 4.79 Å². The predicted molar refractivity (Wildman–Crippen MR) is 91.6 cm³/mol. The predicted octanol–water partition coefficient (Wildman–Crippen LogP) is 1.26. The molecular formula is C21H28O5. The molecule has 2 saturated heterocycles. The molecule has 5 heteroatoms. The lowest BCUT2D eigenvalue weighted by atomic mass is 9.23. The second-order valence-electron chi connectivity index (χ2n) is 10.6. The van der Waals surface area contributed by atoms with Gasteiger partial charge in [-0.1, -0.05) is 26.0 Å². The van der Waals surface area contributed by atoms with Crippen molar-refractivity contribution in [2.45, 2.75) is 57.5 Å². The molecule has 7 fully saturated rings. The van der Waals surface area contributed by atoms with Gasteiger partial charge >= 0.3 is 0 Å². The smallest absolute Gasteiger partial charge is 0.205 e. The number of aliphatic hydroxyl groups is 3. The first-order valence-electron chi connectivity index (χ1n) is 10.1. The zero-order chi connectivity index (χ0) is 18.4. The van der Waals surface area contributed by atoms with Crippen LogP contribution in [0.3, 0.4) is 0 Å². The fraction of sp³-hybridized carbons (Fsp3) is 0.857. The Balaban J connectivity index is 1.61.